The van der Waals surface area contributed by atoms with Gasteiger partial charge in [-0.3, -0.25) is 0 Å². The SMILES string of the molecule is CC(C)Oc1ccccc1C(O)C(O)C(C)C. The molecule has 0 aromatic heterocycles. The van der Waals surface area contributed by atoms with E-state index >= 15 is 0 Å². The van der Waals surface area contributed by atoms with Crippen LogP contribution >= 0.6 is 0 Å². The first kappa shape index (κ1) is 14.0. The summed E-state index contributed by atoms with van der Waals surface area (Å²) in [6.45, 7) is 7.61. The number of aliphatic hydroxyl groups excluding tert-OH is 2. The smallest absolute Gasteiger partial charge is 0.125 e. The van der Waals surface area contributed by atoms with Crippen LogP contribution in [0.5, 0.6) is 5.75 Å². The standard InChI is InChI=1S/C14H22O3/c1-9(2)13(15)14(16)11-7-5-6-8-12(11)17-10(3)4/h5-10,13-16H,1-4H3. The Morgan fingerprint density at radius 1 is 1.00 bits per heavy atom. The van der Waals surface area contributed by atoms with Gasteiger partial charge in [0.05, 0.1) is 12.2 Å². The minimum absolute atomic E-state index is 0.00268. The average molecular weight is 238 g/mol. The van der Waals surface area contributed by atoms with Crippen LogP contribution in [-0.2, 0) is 0 Å². The Bertz CT molecular complexity index is 347. The van der Waals surface area contributed by atoms with Crippen molar-refractivity contribution < 1.29 is 14.9 Å². The van der Waals surface area contributed by atoms with Gasteiger partial charge in [-0.2, -0.15) is 0 Å². The van der Waals surface area contributed by atoms with Gasteiger partial charge in [-0.05, 0) is 25.8 Å². The lowest BCUT2D eigenvalue weighted by atomic mass is 9.95. The quantitative estimate of drug-likeness (QED) is 0.828. The molecule has 0 spiro atoms. The van der Waals surface area contributed by atoms with Crippen molar-refractivity contribution >= 4 is 0 Å². The molecule has 0 fully saturated rings. The molecule has 3 heteroatoms. The molecule has 0 heterocycles. The molecule has 2 N–H and O–H groups in total. The third-order valence-corrected chi connectivity index (χ3v) is 2.61. The van der Waals surface area contributed by atoms with E-state index in [0.717, 1.165) is 0 Å². The van der Waals surface area contributed by atoms with Gasteiger partial charge < -0.3 is 14.9 Å². The summed E-state index contributed by atoms with van der Waals surface area (Å²) in [6, 6.07) is 7.29. The highest BCUT2D eigenvalue weighted by Gasteiger charge is 2.24. The fraction of sp³-hybridized carbons (Fsp3) is 0.571. The molecule has 0 aliphatic carbocycles. The summed E-state index contributed by atoms with van der Waals surface area (Å²) in [5.74, 6) is 0.631. The molecule has 0 saturated carbocycles. The normalized spacial score (nSPS) is 15.1. The summed E-state index contributed by atoms with van der Waals surface area (Å²) >= 11 is 0. The molecule has 17 heavy (non-hydrogen) atoms. The van der Waals surface area contributed by atoms with E-state index in [1.807, 2.05) is 45.9 Å². The van der Waals surface area contributed by atoms with Crippen molar-refractivity contribution in [2.75, 3.05) is 0 Å². The highest BCUT2D eigenvalue weighted by molar-refractivity contribution is 5.35. The highest BCUT2D eigenvalue weighted by Crippen LogP contribution is 2.30. The van der Waals surface area contributed by atoms with E-state index in [-0.39, 0.29) is 12.0 Å². The highest BCUT2D eigenvalue weighted by atomic mass is 16.5. The van der Waals surface area contributed by atoms with E-state index in [0.29, 0.717) is 11.3 Å². The Morgan fingerprint density at radius 2 is 1.59 bits per heavy atom. The number of hydrogen-bond donors (Lipinski definition) is 2. The minimum Gasteiger partial charge on any atom is -0.491 e. The maximum absolute atomic E-state index is 10.1. The van der Waals surface area contributed by atoms with Crippen LogP contribution in [0, 0.1) is 5.92 Å². The summed E-state index contributed by atoms with van der Waals surface area (Å²) in [7, 11) is 0. The first-order valence-electron chi connectivity index (χ1n) is 6.05. The molecule has 2 unspecified atom stereocenters. The summed E-state index contributed by atoms with van der Waals surface area (Å²) in [6.07, 6.45) is -1.66. The van der Waals surface area contributed by atoms with E-state index in [4.69, 9.17) is 4.74 Å². The Hall–Kier alpha value is -1.06. The zero-order valence-electron chi connectivity index (χ0n) is 10.9. The fourth-order valence-electron chi connectivity index (χ4n) is 1.63. The van der Waals surface area contributed by atoms with Crippen LogP contribution < -0.4 is 4.74 Å². The molecule has 96 valence electrons. The summed E-state index contributed by atoms with van der Waals surface area (Å²) in [4.78, 5) is 0. The summed E-state index contributed by atoms with van der Waals surface area (Å²) in [5, 5.41) is 20.0. The van der Waals surface area contributed by atoms with E-state index in [2.05, 4.69) is 0 Å². The largest absolute Gasteiger partial charge is 0.491 e. The van der Waals surface area contributed by atoms with E-state index in [1.165, 1.54) is 0 Å². The molecule has 1 rings (SSSR count). The van der Waals surface area contributed by atoms with Crippen LogP contribution in [0.3, 0.4) is 0 Å². The number of hydrogen-bond acceptors (Lipinski definition) is 3. The molecule has 0 bridgehead atoms. The second kappa shape index (κ2) is 6.03. The predicted molar refractivity (Wildman–Crippen MR) is 68.0 cm³/mol. The molecular weight excluding hydrogens is 216 g/mol. The maximum atomic E-state index is 10.1. The van der Waals surface area contributed by atoms with Gasteiger partial charge in [0.2, 0.25) is 0 Å². The van der Waals surface area contributed by atoms with Gasteiger partial charge in [0.15, 0.2) is 0 Å². The maximum Gasteiger partial charge on any atom is 0.125 e. The van der Waals surface area contributed by atoms with Gasteiger partial charge in [0.25, 0.3) is 0 Å². The van der Waals surface area contributed by atoms with Crippen LogP contribution in [0.25, 0.3) is 0 Å². The minimum atomic E-state index is -0.912. The summed E-state index contributed by atoms with van der Waals surface area (Å²) < 4.78 is 5.63. The third-order valence-electron chi connectivity index (χ3n) is 2.61. The van der Waals surface area contributed by atoms with Crippen molar-refractivity contribution in [3.63, 3.8) is 0 Å². The molecule has 1 aromatic carbocycles. The zero-order chi connectivity index (χ0) is 13.0. The van der Waals surface area contributed by atoms with Crippen LogP contribution in [0.15, 0.2) is 24.3 Å². The van der Waals surface area contributed by atoms with Crippen LogP contribution in [0.1, 0.15) is 39.4 Å². The number of benzene rings is 1. The Kier molecular flexibility index (Phi) is 4.97. The van der Waals surface area contributed by atoms with E-state index < -0.39 is 12.2 Å². The van der Waals surface area contributed by atoms with Gasteiger partial charge in [0.1, 0.15) is 11.9 Å². The zero-order valence-corrected chi connectivity index (χ0v) is 10.9. The Morgan fingerprint density at radius 3 is 2.12 bits per heavy atom. The topological polar surface area (TPSA) is 49.7 Å². The van der Waals surface area contributed by atoms with E-state index in [9.17, 15) is 10.2 Å². The number of aliphatic hydroxyl groups is 2. The molecule has 3 nitrogen and oxygen atoms in total. The molecule has 0 saturated heterocycles. The molecule has 0 aliphatic rings. The van der Waals surface area contributed by atoms with Gasteiger partial charge >= 0.3 is 0 Å². The number of rotatable bonds is 5. The van der Waals surface area contributed by atoms with Crippen LogP contribution in [0.2, 0.25) is 0 Å². The van der Waals surface area contributed by atoms with Crippen molar-refractivity contribution in [2.24, 2.45) is 5.92 Å². The number of para-hydroxylation sites is 1. The Labute approximate surface area is 103 Å². The number of ether oxygens (including phenoxy) is 1. The predicted octanol–water partition coefficient (Wildman–Crippen LogP) is 2.52. The third kappa shape index (κ3) is 3.72. The lowest BCUT2D eigenvalue weighted by molar-refractivity contribution is -0.0111. The van der Waals surface area contributed by atoms with Crippen LogP contribution in [0.4, 0.5) is 0 Å². The van der Waals surface area contributed by atoms with Crippen molar-refractivity contribution in [1.29, 1.82) is 0 Å². The van der Waals surface area contributed by atoms with Crippen molar-refractivity contribution in [3.05, 3.63) is 29.8 Å². The van der Waals surface area contributed by atoms with Crippen molar-refractivity contribution in [3.8, 4) is 5.75 Å². The van der Waals surface area contributed by atoms with Gasteiger partial charge in [-0.1, -0.05) is 32.0 Å². The van der Waals surface area contributed by atoms with Crippen molar-refractivity contribution in [1.82, 2.24) is 0 Å². The van der Waals surface area contributed by atoms with Gasteiger partial charge in [-0.15, -0.1) is 0 Å². The lowest BCUT2D eigenvalue weighted by Gasteiger charge is -2.24. The molecular formula is C14H22O3. The average Bonchev–Trinajstić information content (AvgIpc) is 2.27. The Balaban J connectivity index is 2.96. The molecule has 2 atom stereocenters. The molecule has 0 radical (unpaired) electrons. The first-order valence-corrected chi connectivity index (χ1v) is 6.05. The monoisotopic (exact) mass is 238 g/mol. The molecule has 0 aliphatic heterocycles. The van der Waals surface area contributed by atoms with Crippen molar-refractivity contribution in [2.45, 2.75) is 46.0 Å². The fourth-order valence-corrected chi connectivity index (χ4v) is 1.63. The summed E-state index contributed by atoms with van der Waals surface area (Å²) in [5.41, 5.74) is 0.641. The van der Waals surface area contributed by atoms with Crippen LogP contribution in [-0.4, -0.2) is 22.4 Å². The second-order valence-corrected chi connectivity index (χ2v) is 4.88. The molecule has 0 amide bonds. The molecule has 1 aromatic rings. The van der Waals surface area contributed by atoms with E-state index in [1.54, 1.807) is 6.07 Å². The van der Waals surface area contributed by atoms with Gasteiger partial charge in [0, 0.05) is 5.56 Å². The second-order valence-electron chi connectivity index (χ2n) is 4.88. The van der Waals surface area contributed by atoms with Gasteiger partial charge in [-0.25, -0.2) is 0 Å². The first-order chi connectivity index (χ1) is 7.93. The lowest BCUT2D eigenvalue weighted by Crippen LogP contribution is -2.24.